The molecule has 0 saturated carbocycles. The highest BCUT2D eigenvalue weighted by Crippen LogP contribution is 2.40. The molecule has 9 heteroatoms. The van der Waals surface area contributed by atoms with E-state index in [1.165, 1.54) is 19.1 Å². The average molecular weight is 455 g/mol. The van der Waals surface area contributed by atoms with Gasteiger partial charge in [0, 0.05) is 36.5 Å². The number of hydrogen-bond donors (Lipinski definition) is 2. The molecule has 1 aromatic heterocycles. The molecule has 170 valence electrons. The third-order valence-corrected chi connectivity index (χ3v) is 5.30. The van der Waals surface area contributed by atoms with Crippen molar-refractivity contribution in [2.24, 2.45) is 0 Å². The summed E-state index contributed by atoms with van der Waals surface area (Å²) in [5, 5.41) is 5.23. The third kappa shape index (κ3) is 4.67. The summed E-state index contributed by atoms with van der Waals surface area (Å²) in [7, 11) is 0. The fraction of sp³-hybridized carbons (Fsp3) is 0.208. The lowest BCUT2D eigenvalue weighted by Gasteiger charge is -2.22. The van der Waals surface area contributed by atoms with Gasteiger partial charge in [0.15, 0.2) is 5.60 Å². The van der Waals surface area contributed by atoms with Crippen LogP contribution in [0.25, 0.3) is 11.1 Å². The van der Waals surface area contributed by atoms with Crippen LogP contribution in [0.1, 0.15) is 25.0 Å². The number of amides is 2. The summed E-state index contributed by atoms with van der Waals surface area (Å²) in [6.07, 6.45) is -2.77. The van der Waals surface area contributed by atoms with E-state index in [1.807, 2.05) is 12.1 Å². The number of benzene rings is 2. The van der Waals surface area contributed by atoms with Gasteiger partial charge in [-0.25, -0.2) is 4.98 Å². The van der Waals surface area contributed by atoms with Gasteiger partial charge >= 0.3 is 6.18 Å². The number of carbonyl (C=O) groups is 2. The Morgan fingerprint density at radius 3 is 2.42 bits per heavy atom. The Balaban J connectivity index is 1.56. The van der Waals surface area contributed by atoms with Gasteiger partial charge in [0.05, 0.1) is 5.56 Å². The number of pyridine rings is 1. The predicted octanol–water partition coefficient (Wildman–Crippen LogP) is 5.06. The summed E-state index contributed by atoms with van der Waals surface area (Å²) in [6, 6.07) is 13.4. The van der Waals surface area contributed by atoms with Crippen LogP contribution in [0.2, 0.25) is 0 Å². The van der Waals surface area contributed by atoms with Gasteiger partial charge in [-0.2, -0.15) is 13.2 Å². The lowest BCUT2D eigenvalue weighted by molar-refractivity contribution is -0.137. The monoisotopic (exact) mass is 455 g/mol. The predicted molar refractivity (Wildman–Crippen MR) is 117 cm³/mol. The third-order valence-electron chi connectivity index (χ3n) is 5.30. The highest BCUT2D eigenvalue weighted by molar-refractivity contribution is 5.98. The van der Waals surface area contributed by atoms with Crippen molar-refractivity contribution in [2.45, 2.75) is 32.0 Å². The van der Waals surface area contributed by atoms with Gasteiger partial charge in [0.1, 0.15) is 0 Å². The van der Waals surface area contributed by atoms with Gasteiger partial charge in [0.25, 0.3) is 5.91 Å². The molecular formula is C24H20F3N3O3. The van der Waals surface area contributed by atoms with Gasteiger partial charge in [-0.3, -0.25) is 9.59 Å². The summed E-state index contributed by atoms with van der Waals surface area (Å²) >= 11 is 0. The molecule has 0 saturated heterocycles. The Morgan fingerprint density at radius 2 is 1.76 bits per heavy atom. The number of alkyl halides is 3. The van der Waals surface area contributed by atoms with Crippen molar-refractivity contribution in [3.8, 4) is 17.0 Å². The molecule has 0 radical (unpaired) electrons. The normalized spacial score (nSPS) is 17.1. The van der Waals surface area contributed by atoms with Crippen molar-refractivity contribution < 1.29 is 27.5 Å². The molecule has 0 spiro atoms. The maximum atomic E-state index is 13.0. The number of rotatable bonds is 4. The van der Waals surface area contributed by atoms with E-state index in [0.717, 1.165) is 23.3 Å². The van der Waals surface area contributed by atoms with Crippen LogP contribution in [-0.4, -0.2) is 22.4 Å². The SMILES string of the molecule is CC(=O)Nc1ccc(-c2ccnc3c2CC(C)(C(=O)Nc2cccc(C(F)(F)F)c2)O3)cc1. The molecule has 1 atom stereocenters. The topological polar surface area (TPSA) is 80.3 Å². The van der Waals surface area contributed by atoms with Crippen LogP contribution >= 0.6 is 0 Å². The van der Waals surface area contributed by atoms with E-state index >= 15 is 0 Å². The zero-order valence-electron chi connectivity index (χ0n) is 17.8. The summed E-state index contributed by atoms with van der Waals surface area (Å²) in [6.45, 7) is 2.99. The molecule has 2 N–H and O–H groups in total. The molecule has 2 aromatic carbocycles. The molecule has 6 nitrogen and oxygen atoms in total. The molecular weight excluding hydrogens is 435 g/mol. The largest absolute Gasteiger partial charge is 0.461 e. The Hall–Kier alpha value is -3.88. The first-order valence-electron chi connectivity index (χ1n) is 10.1. The van der Waals surface area contributed by atoms with Gasteiger partial charge < -0.3 is 15.4 Å². The number of nitrogens with one attached hydrogen (secondary N) is 2. The number of nitrogens with zero attached hydrogens (tertiary/aromatic N) is 1. The molecule has 0 aliphatic carbocycles. The molecule has 1 aliphatic rings. The van der Waals surface area contributed by atoms with Crippen molar-refractivity contribution in [1.29, 1.82) is 0 Å². The first kappa shape index (κ1) is 22.3. The molecule has 33 heavy (non-hydrogen) atoms. The summed E-state index contributed by atoms with van der Waals surface area (Å²) < 4.78 is 44.8. The Labute approximate surface area is 187 Å². The number of hydrogen-bond acceptors (Lipinski definition) is 4. The fourth-order valence-corrected chi connectivity index (χ4v) is 3.69. The minimum absolute atomic E-state index is 0.0253. The minimum atomic E-state index is -4.51. The van der Waals surface area contributed by atoms with Crippen molar-refractivity contribution in [2.75, 3.05) is 10.6 Å². The van der Waals surface area contributed by atoms with E-state index in [4.69, 9.17) is 4.74 Å². The number of halogens is 3. The standard InChI is InChI=1S/C24H20F3N3O3/c1-14(31)29-17-8-6-15(7-9-17)19-10-11-28-21-20(19)13-23(2,33-21)22(32)30-18-5-3-4-16(12-18)24(25,26)27/h3-12H,13H2,1-2H3,(H,29,31)(H,30,32). The second-order valence-electron chi connectivity index (χ2n) is 7.94. The Kier molecular flexibility index (Phi) is 5.57. The number of anilines is 2. The van der Waals surface area contributed by atoms with Crippen LogP contribution in [0.3, 0.4) is 0 Å². The summed E-state index contributed by atoms with van der Waals surface area (Å²) in [5.74, 6) is -0.463. The van der Waals surface area contributed by atoms with Crippen molar-refractivity contribution in [1.82, 2.24) is 4.98 Å². The number of ether oxygens (including phenoxy) is 1. The summed E-state index contributed by atoms with van der Waals surface area (Å²) in [4.78, 5) is 28.4. The fourth-order valence-electron chi connectivity index (χ4n) is 3.69. The molecule has 2 amide bonds. The molecule has 0 bridgehead atoms. The lowest BCUT2D eigenvalue weighted by Crippen LogP contribution is -2.44. The van der Waals surface area contributed by atoms with E-state index < -0.39 is 23.2 Å². The van der Waals surface area contributed by atoms with Crippen LogP contribution in [0, 0.1) is 0 Å². The lowest BCUT2D eigenvalue weighted by atomic mass is 9.93. The molecule has 4 rings (SSSR count). The molecule has 0 fully saturated rings. The molecule has 3 aromatic rings. The Bertz CT molecular complexity index is 1230. The van der Waals surface area contributed by atoms with Crippen LogP contribution in [0.15, 0.2) is 60.8 Å². The first-order chi connectivity index (χ1) is 15.5. The highest BCUT2D eigenvalue weighted by atomic mass is 19.4. The van der Waals surface area contributed by atoms with E-state index in [-0.39, 0.29) is 18.0 Å². The Morgan fingerprint density at radius 1 is 1.03 bits per heavy atom. The van der Waals surface area contributed by atoms with Gasteiger partial charge in [-0.05, 0) is 54.4 Å². The van der Waals surface area contributed by atoms with Gasteiger partial charge in [-0.15, -0.1) is 0 Å². The van der Waals surface area contributed by atoms with Crippen LogP contribution < -0.4 is 15.4 Å². The second-order valence-corrected chi connectivity index (χ2v) is 7.94. The minimum Gasteiger partial charge on any atom is -0.461 e. The maximum Gasteiger partial charge on any atom is 0.416 e. The highest BCUT2D eigenvalue weighted by Gasteiger charge is 2.44. The van der Waals surface area contributed by atoms with E-state index in [9.17, 15) is 22.8 Å². The van der Waals surface area contributed by atoms with E-state index in [2.05, 4.69) is 15.6 Å². The first-order valence-corrected chi connectivity index (χ1v) is 10.1. The number of aromatic nitrogens is 1. The molecule has 1 aliphatic heterocycles. The molecule has 2 heterocycles. The van der Waals surface area contributed by atoms with Crippen LogP contribution in [0.5, 0.6) is 5.88 Å². The van der Waals surface area contributed by atoms with E-state index in [0.29, 0.717) is 17.1 Å². The van der Waals surface area contributed by atoms with Crippen molar-refractivity contribution in [3.05, 3.63) is 71.9 Å². The van der Waals surface area contributed by atoms with Crippen molar-refractivity contribution >= 4 is 23.2 Å². The average Bonchev–Trinajstić information content (AvgIpc) is 3.11. The van der Waals surface area contributed by atoms with Crippen molar-refractivity contribution in [3.63, 3.8) is 0 Å². The molecule has 1 unspecified atom stereocenters. The van der Waals surface area contributed by atoms with Gasteiger partial charge in [-0.1, -0.05) is 18.2 Å². The van der Waals surface area contributed by atoms with Crippen LogP contribution in [-0.2, 0) is 22.2 Å². The quantitative estimate of drug-likeness (QED) is 0.577. The zero-order valence-corrected chi connectivity index (χ0v) is 17.8. The zero-order chi connectivity index (χ0) is 23.8. The summed E-state index contributed by atoms with van der Waals surface area (Å²) in [5.41, 5.74) is 0.837. The van der Waals surface area contributed by atoms with Crippen LogP contribution in [0.4, 0.5) is 24.5 Å². The van der Waals surface area contributed by atoms with E-state index in [1.54, 1.807) is 31.3 Å². The van der Waals surface area contributed by atoms with Gasteiger partial charge in [0.2, 0.25) is 11.8 Å². The number of fused-ring (bicyclic) bond motifs is 1. The second kappa shape index (κ2) is 8.23. The maximum absolute atomic E-state index is 13.0. The number of carbonyl (C=O) groups excluding carboxylic acids is 2. The smallest absolute Gasteiger partial charge is 0.416 e.